The average molecular weight is 354 g/mol. The molecule has 8 heteroatoms. The summed E-state index contributed by atoms with van der Waals surface area (Å²) in [5.74, 6) is 0. The predicted molar refractivity (Wildman–Crippen MR) is 66.1 cm³/mol. The van der Waals surface area contributed by atoms with Crippen LogP contribution in [0.2, 0.25) is 0 Å². The zero-order valence-corrected chi connectivity index (χ0v) is 10.8. The van der Waals surface area contributed by atoms with Gasteiger partial charge in [-0.1, -0.05) is 22.6 Å². The summed E-state index contributed by atoms with van der Waals surface area (Å²) >= 11 is 1.96. The van der Waals surface area contributed by atoms with E-state index < -0.39 is 29.7 Å². The van der Waals surface area contributed by atoms with Crippen molar-refractivity contribution in [2.45, 2.75) is 22.4 Å². The van der Waals surface area contributed by atoms with Crippen molar-refractivity contribution < 1.29 is 14.9 Å². The Morgan fingerprint density at radius 3 is 2.76 bits per heavy atom. The van der Waals surface area contributed by atoms with Crippen molar-refractivity contribution >= 4 is 22.6 Å². The summed E-state index contributed by atoms with van der Waals surface area (Å²) in [5.41, 5.74) is -1.16. The van der Waals surface area contributed by atoms with Crippen LogP contribution < -0.4 is 11.2 Å². The lowest BCUT2D eigenvalue weighted by Crippen LogP contribution is -2.36. The molecule has 0 amide bonds. The fraction of sp³-hybridized carbons (Fsp3) is 0.556. The third kappa shape index (κ3) is 2.30. The molecule has 3 N–H and O–H groups in total. The van der Waals surface area contributed by atoms with Gasteiger partial charge in [-0.2, -0.15) is 0 Å². The number of nitrogens with one attached hydrogen (secondary N) is 1. The normalized spacial score (nSPS) is 32.9. The molecule has 1 aliphatic heterocycles. The van der Waals surface area contributed by atoms with Gasteiger partial charge in [0.1, 0.15) is 6.10 Å². The number of aliphatic hydroxyl groups excluding tert-OH is 2. The van der Waals surface area contributed by atoms with E-state index in [1.807, 2.05) is 22.6 Å². The van der Waals surface area contributed by atoms with E-state index in [1.165, 1.54) is 12.3 Å². The van der Waals surface area contributed by atoms with Crippen molar-refractivity contribution in [3.63, 3.8) is 0 Å². The molecule has 0 aromatic carbocycles. The van der Waals surface area contributed by atoms with Gasteiger partial charge in [0.2, 0.25) is 0 Å². The third-order valence-electron chi connectivity index (χ3n) is 2.59. The minimum atomic E-state index is -0.920. The maximum Gasteiger partial charge on any atom is 0.330 e. The van der Waals surface area contributed by atoms with Crippen LogP contribution in [0.5, 0.6) is 0 Å². The highest BCUT2D eigenvalue weighted by Crippen LogP contribution is 2.32. The van der Waals surface area contributed by atoms with E-state index in [-0.39, 0.29) is 10.5 Å². The number of ether oxygens (including phenoxy) is 1. The molecular formula is C9H11IN2O5. The second-order valence-corrected chi connectivity index (χ2v) is 5.14. The van der Waals surface area contributed by atoms with Crippen molar-refractivity contribution in [2.24, 2.45) is 0 Å². The number of rotatable bonds is 2. The van der Waals surface area contributed by atoms with Gasteiger partial charge in [-0.15, -0.1) is 0 Å². The van der Waals surface area contributed by atoms with Gasteiger partial charge in [0.05, 0.1) is 16.6 Å². The van der Waals surface area contributed by atoms with Crippen molar-refractivity contribution in [2.75, 3.05) is 6.61 Å². The van der Waals surface area contributed by atoms with E-state index >= 15 is 0 Å². The summed E-state index contributed by atoms with van der Waals surface area (Å²) in [5, 5.41) is 19.0. The highest BCUT2D eigenvalue weighted by atomic mass is 127. The van der Waals surface area contributed by atoms with Crippen LogP contribution in [0.15, 0.2) is 21.9 Å². The number of hydrogen-bond donors (Lipinski definition) is 3. The molecule has 0 saturated carbocycles. The number of aliphatic hydroxyl groups is 2. The summed E-state index contributed by atoms with van der Waals surface area (Å²) < 4.78 is 6.16. The Morgan fingerprint density at radius 1 is 1.53 bits per heavy atom. The van der Waals surface area contributed by atoms with Gasteiger partial charge in [0.15, 0.2) is 6.23 Å². The van der Waals surface area contributed by atoms with Gasteiger partial charge >= 0.3 is 5.69 Å². The second kappa shape index (κ2) is 4.88. The summed E-state index contributed by atoms with van der Waals surface area (Å²) in [6.07, 6.45) is -1.08. The third-order valence-corrected chi connectivity index (χ3v) is 4.13. The van der Waals surface area contributed by atoms with Crippen molar-refractivity contribution in [3.8, 4) is 0 Å². The molecule has 94 valence electrons. The molecule has 1 aromatic heterocycles. The Balaban J connectivity index is 2.35. The topological polar surface area (TPSA) is 105 Å². The lowest BCUT2D eigenvalue weighted by Gasteiger charge is -2.16. The standard InChI is InChI=1S/C9H11IN2O5/c10-6-4(3-13)17-8(7(6)15)12-2-1-5(14)11-9(12)16/h1-2,4,6-8,13,15H,3H2,(H,11,14,16)/t4-,6+,7-,8-/m1/s1. The van der Waals surface area contributed by atoms with Gasteiger partial charge in [-0.05, 0) is 0 Å². The average Bonchev–Trinajstić information content (AvgIpc) is 2.57. The fourth-order valence-corrected chi connectivity index (χ4v) is 2.47. The first-order chi connectivity index (χ1) is 8.04. The number of aromatic amines is 1. The molecule has 4 atom stereocenters. The van der Waals surface area contributed by atoms with Gasteiger partial charge in [0, 0.05) is 12.3 Å². The first-order valence-electron chi connectivity index (χ1n) is 4.94. The summed E-state index contributed by atoms with van der Waals surface area (Å²) in [7, 11) is 0. The number of nitrogens with zero attached hydrogens (tertiary/aromatic N) is 1. The van der Waals surface area contributed by atoms with Crippen LogP contribution >= 0.6 is 22.6 Å². The molecule has 1 aliphatic rings. The second-order valence-electron chi connectivity index (χ2n) is 3.70. The number of aromatic nitrogens is 2. The van der Waals surface area contributed by atoms with Gasteiger partial charge < -0.3 is 14.9 Å². The highest BCUT2D eigenvalue weighted by Gasteiger charge is 2.43. The maximum absolute atomic E-state index is 11.5. The van der Waals surface area contributed by atoms with Crippen LogP contribution in [-0.2, 0) is 4.74 Å². The van der Waals surface area contributed by atoms with Crippen LogP contribution in [0.25, 0.3) is 0 Å². The monoisotopic (exact) mass is 354 g/mol. The largest absolute Gasteiger partial charge is 0.394 e. The van der Waals surface area contributed by atoms with Gasteiger partial charge in [-0.25, -0.2) is 4.79 Å². The molecule has 0 spiro atoms. The minimum absolute atomic E-state index is 0.237. The van der Waals surface area contributed by atoms with Crippen molar-refractivity contribution in [1.82, 2.24) is 9.55 Å². The highest BCUT2D eigenvalue weighted by molar-refractivity contribution is 14.1. The van der Waals surface area contributed by atoms with E-state index in [0.29, 0.717) is 0 Å². The van der Waals surface area contributed by atoms with Gasteiger partial charge in [-0.3, -0.25) is 14.3 Å². The van der Waals surface area contributed by atoms with E-state index in [1.54, 1.807) is 0 Å². The van der Waals surface area contributed by atoms with Crippen LogP contribution in [0.3, 0.4) is 0 Å². The van der Waals surface area contributed by atoms with E-state index in [0.717, 1.165) is 4.57 Å². The summed E-state index contributed by atoms with van der Waals surface area (Å²) in [4.78, 5) is 24.5. The number of halogens is 1. The molecule has 0 bridgehead atoms. The first kappa shape index (κ1) is 12.7. The van der Waals surface area contributed by atoms with Crippen molar-refractivity contribution in [3.05, 3.63) is 33.1 Å². The molecular weight excluding hydrogens is 343 g/mol. The zero-order chi connectivity index (χ0) is 12.6. The Hall–Kier alpha value is -0.710. The molecule has 7 nitrogen and oxygen atoms in total. The fourth-order valence-electron chi connectivity index (χ4n) is 1.71. The predicted octanol–water partition coefficient (Wildman–Crippen LogP) is -1.41. The lowest BCUT2D eigenvalue weighted by molar-refractivity contribution is -0.0529. The van der Waals surface area contributed by atoms with Crippen LogP contribution in [0, 0.1) is 0 Å². The summed E-state index contributed by atoms with van der Waals surface area (Å²) in [6.45, 7) is -0.237. The molecule has 1 fully saturated rings. The molecule has 2 rings (SSSR count). The quantitative estimate of drug-likeness (QED) is 0.447. The van der Waals surface area contributed by atoms with Crippen LogP contribution in [-0.4, -0.2) is 42.5 Å². The number of hydrogen-bond acceptors (Lipinski definition) is 5. The zero-order valence-electron chi connectivity index (χ0n) is 8.62. The smallest absolute Gasteiger partial charge is 0.330 e. The Bertz CT molecular complexity index is 513. The summed E-state index contributed by atoms with van der Waals surface area (Å²) in [6, 6.07) is 1.17. The SMILES string of the molecule is O=c1ccn([C@@H]2O[C@H](CO)[C@H](I)[C@H]2O)c(=O)[nH]1. The molecule has 0 unspecified atom stereocenters. The van der Waals surface area contributed by atoms with Crippen LogP contribution in [0.4, 0.5) is 0 Å². The first-order valence-corrected chi connectivity index (χ1v) is 6.19. The molecule has 2 heterocycles. The molecule has 1 aromatic rings. The molecule has 0 aliphatic carbocycles. The molecule has 17 heavy (non-hydrogen) atoms. The maximum atomic E-state index is 11.5. The Kier molecular flexibility index (Phi) is 3.66. The minimum Gasteiger partial charge on any atom is -0.394 e. The Labute approximate surface area is 109 Å². The van der Waals surface area contributed by atoms with Gasteiger partial charge in [0.25, 0.3) is 5.56 Å². The van der Waals surface area contributed by atoms with E-state index in [4.69, 9.17) is 9.84 Å². The van der Waals surface area contributed by atoms with Crippen LogP contribution in [0.1, 0.15) is 6.23 Å². The van der Waals surface area contributed by atoms with Crippen molar-refractivity contribution in [1.29, 1.82) is 0 Å². The lowest BCUT2D eigenvalue weighted by atomic mass is 10.2. The van der Waals surface area contributed by atoms with E-state index in [9.17, 15) is 14.7 Å². The number of alkyl halides is 1. The molecule has 1 saturated heterocycles. The van der Waals surface area contributed by atoms with E-state index in [2.05, 4.69) is 4.98 Å². The molecule has 0 radical (unpaired) electrons. The Morgan fingerprint density at radius 2 is 2.24 bits per heavy atom. The number of H-pyrrole nitrogens is 1.